The van der Waals surface area contributed by atoms with Crippen LogP contribution in [0.4, 0.5) is 14.9 Å². The first-order valence-corrected chi connectivity index (χ1v) is 12.2. The number of hydrogen-bond donors (Lipinski definition) is 3. The second-order valence-corrected chi connectivity index (χ2v) is 9.28. The Morgan fingerprint density at radius 3 is 2.51 bits per heavy atom. The minimum absolute atomic E-state index is 0.00887. The van der Waals surface area contributed by atoms with Gasteiger partial charge in [-0.05, 0) is 73.4 Å². The van der Waals surface area contributed by atoms with E-state index in [0.717, 1.165) is 36.1 Å². The number of carbonyl (C=O) groups is 2. The molecule has 37 heavy (non-hydrogen) atoms. The molecule has 3 N–H and O–H groups in total. The molecule has 0 aliphatic heterocycles. The molecule has 3 aromatic carbocycles. The van der Waals surface area contributed by atoms with Crippen LogP contribution in [0.3, 0.4) is 0 Å². The fraction of sp³-hybridized carbons (Fsp3) is 0.207. The SMILES string of the molecule is Cc1ccccc1C(=O)Nc1ccc(O)c(-c2cc(C3CCC3)n(C(=O)NCc3ccc(F)cc3)n2)c1. The quantitative estimate of drug-likeness (QED) is 0.285. The summed E-state index contributed by atoms with van der Waals surface area (Å²) >= 11 is 0. The molecule has 4 aromatic rings. The standard InChI is InChI=1S/C29H27FN4O3/c1-18-5-2-3-8-23(18)28(36)32-22-13-14-27(35)24(15-22)25-16-26(20-6-4-7-20)34(33-25)29(37)31-17-19-9-11-21(30)12-10-19/h2-3,5,8-16,20,35H,4,6-7,17H2,1H3,(H,31,37)(H,32,36). The number of nitrogens with zero attached hydrogens (tertiary/aromatic N) is 2. The van der Waals surface area contributed by atoms with Gasteiger partial charge >= 0.3 is 6.03 Å². The van der Waals surface area contributed by atoms with E-state index in [1.54, 1.807) is 36.4 Å². The van der Waals surface area contributed by atoms with Crippen molar-refractivity contribution in [3.63, 3.8) is 0 Å². The highest BCUT2D eigenvalue weighted by Gasteiger charge is 2.27. The summed E-state index contributed by atoms with van der Waals surface area (Å²) in [6.07, 6.45) is 2.98. The van der Waals surface area contributed by atoms with Crippen LogP contribution in [0.15, 0.2) is 72.8 Å². The molecule has 1 heterocycles. The lowest BCUT2D eigenvalue weighted by atomic mass is 9.82. The maximum absolute atomic E-state index is 13.2. The third-order valence-corrected chi connectivity index (χ3v) is 6.73. The van der Waals surface area contributed by atoms with E-state index < -0.39 is 6.03 Å². The molecule has 1 saturated carbocycles. The van der Waals surface area contributed by atoms with Gasteiger partial charge in [-0.3, -0.25) is 4.79 Å². The summed E-state index contributed by atoms with van der Waals surface area (Å²) in [5, 5.41) is 20.9. The van der Waals surface area contributed by atoms with Gasteiger partial charge in [0.15, 0.2) is 0 Å². The zero-order valence-electron chi connectivity index (χ0n) is 20.4. The number of hydrogen-bond acceptors (Lipinski definition) is 4. The van der Waals surface area contributed by atoms with Gasteiger partial charge in [-0.1, -0.05) is 36.8 Å². The van der Waals surface area contributed by atoms with Gasteiger partial charge in [0.1, 0.15) is 11.6 Å². The number of benzene rings is 3. The molecule has 1 aliphatic carbocycles. The Balaban J connectivity index is 1.40. The second kappa shape index (κ2) is 10.3. The van der Waals surface area contributed by atoms with E-state index in [-0.39, 0.29) is 29.9 Å². The summed E-state index contributed by atoms with van der Waals surface area (Å²) in [4.78, 5) is 25.9. The molecule has 1 aromatic heterocycles. The average Bonchev–Trinajstić information content (AvgIpc) is 3.28. The minimum atomic E-state index is -0.402. The number of nitrogens with one attached hydrogen (secondary N) is 2. The lowest BCUT2D eigenvalue weighted by Gasteiger charge is -2.25. The number of carbonyl (C=O) groups excluding carboxylic acids is 2. The normalized spacial score (nSPS) is 13.1. The first kappa shape index (κ1) is 24.2. The zero-order valence-corrected chi connectivity index (χ0v) is 20.4. The Labute approximate surface area is 214 Å². The van der Waals surface area contributed by atoms with Crippen molar-refractivity contribution in [2.24, 2.45) is 0 Å². The van der Waals surface area contributed by atoms with Gasteiger partial charge in [-0.25, -0.2) is 9.18 Å². The molecular formula is C29H27FN4O3. The Kier molecular flexibility index (Phi) is 6.72. The van der Waals surface area contributed by atoms with E-state index in [0.29, 0.717) is 22.5 Å². The summed E-state index contributed by atoms with van der Waals surface area (Å²) in [6.45, 7) is 2.09. The second-order valence-electron chi connectivity index (χ2n) is 9.28. The number of aromatic hydroxyl groups is 1. The van der Waals surface area contributed by atoms with Gasteiger partial charge in [-0.15, -0.1) is 0 Å². The van der Waals surface area contributed by atoms with Gasteiger partial charge in [-0.2, -0.15) is 9.78 Å². The van der Waals surface area contributed by atoms with E-state index >= 15 is 0 Å². The Morgan fingerprint density at radius 2 is 1.81 bits per heavy atom. The van der Waals surface area contributed by atoms with Crippen LogP contribution in [0.1, 0.15) is 52.4 Å². The van der Waals surface area contributed by atoms with Crippen molar-refractivity contribution in [1.82, 2.24) is 15.1 Å². The molecule has 0 saturated heterocycles. The molecule has 0 bridgehead atoms. The fourth-order valence-corrected chi connectivity index (χ4v) is 4.38. The molecular weight excluding hydrogens is 471 g/mol. The average molecular weight is 499 g/mol. The third kappa shape index (κ3) is 5.23. The van der Waals surface area contributed by atoms with Crippen LogP contribution in [0.2, 0.25) is 0 Å². The van der Waals surface area contributed by atoms with Crippen LogP contribution in [0.5, 0.6) is 5.75 Å². The van der Waals surface area contributed by atoms with E-state index in [1.807, 2.05) is 25.1 Å². The van der Waals surface area contributed by atoms with Crippen molar-refractivity contribution in [1.29, 1.82) is 0 Å². The molecule has 0 unspecified atom stereocenters. The summed E-state index contributed by atoms with van der Waals surface area (Å²) in [6, 6.07) is 19.4. The number of rotatable bonds is 6. The molecule has 5 rings (SSSR count). The highest BCUT2D eigenvalue weighted by atomic mass is 19.1. The largest absolute Gasteiger partial charge is 0.507 e. The number of halogens is 1. The van der Waals surface area contributed by atoms with Crippen LogP contribution in [0, 0.1) is 12.7 Å². The van der Waals surface area contributed by atoms with Crippen LogP contribution in [0.25, 0.3) is 11.3 Å². The molecule has 2 amide bonds. The monoisotopic (exact) mass is 498 g/mol. The summed E-state index contributed by atoms with van der Waals surface area (Å²) in [5.74, 6) is -0.402. The lowest BCUT2D eigenvalue weighted by molar-refractivity contribution is 0.102. The molecule has 7 nitrogen and oxygen atoms in total. The maximum atomic E-state index is 13.2. The van der Waals surface area contributed by atoms with Gasteiger partial charge < -0.3 is 15.7 Å². The van der Waals surface area contributed by atoms with Crippen LogP contribution < -0.4 is 10.6 Å². The van der Waals surface area contributed by atoms with Crippen molar-refractivity contribution in [2.75, 3.05) is 5.32 Å². The summed E-state index contributed by atoms with van der Waals surface area (Å²) in [7, 11) is 0. The molecule has 188 valence electrons. The highest BCUT2D eigenvalue weighted by molar-refractivity contribution is 6.05. The van der Waals surface area contributed by atoms with Crippen LogP contribution >= 0.6 is 0 Å². The number of phenolic OH excluding ortho intramolecular Hbond substituents is 1. The van der Waals surface area contributed by atoms with Crippen LogP contribution in [-0.2, 0) is 6.54 Å². The number of phenols is 1. The van der Waals surface area contributed by atoms with Crippen molar-refractivity contribution in [2.45, 2.75) is 38.6 Å². The number of aromatic nitrogens is 2. The maximum Gasteiger partial charge on any atom is 0.342 e. The molecule has 1 fully saturated rings. The van der Waals surface area contributed by atoms with Crippen LogP contribution in [-0.4, -0.2) is 26.8 Å². The predicted octanol–water partition coefficient (Wildman–Crippen LogP) is 5.98. The van der Waals surface area contributed by atoms with Crippen molar-refractivity contribution >= 4 is 17.6 Å². The third-order valence-electron chi connectivity index (χ3n) is 6.73. The molecule has 0 radical (unpaired) electrons. The highest BCUT2D eigenvalue weighted by Crippen LogP contribution is 2.39. The molecule has 1 aliphatic rings. The summed E-state index contributed by atoms with van der Waals surface area (Å²) < 4.78 is 14.5. The van der Waals surface area contributed by atoms with E-state index in [4.69, 9.17) is 0 Å². The lowest BCUT2D eigenvalue weighted by Crippen LogP contribution is -2.31. The van der Waals surface area contributed by atoms with Gasteiger partial charge in [0.05, 0.1) is 11.4 Å². The van der Waals surface area contributed by atoms with E-state index in [2.05, 4.69) is 15.7 Å². The van der Waals surface area contributed by atoms with Crippen molar-refractivity contribution < 1.29 is 19.1 Å². The van der Waals surface area contributed by atoms with Crippen molar-refractivity contribution in [3.8, 4) is 17.0 Å². The van der Waals surface area contributed by atoms with E-state index in [1.165, 1.54) is 22.9 Å². The Hall–Kier alpha value is -4.46. The topological polar surface area (TPSA) is 96.2 Å². The number of aryl methyl sites for hydroxylation is 1. The minimum Gasteiger partial charge on any atom is -0.507 e. The van der Waals surface area contributed by atoms with Gasteiger partial charge in [0, 0.05) is 29.3 Å². The predicted molar refractivity (Wildman–Crippen MR) is 139 cm³/mol. The molecule has 0 atom stereocenters. The van der Waals surface area contributed by atoms with Gasteiger partial charge in [0.25, 0.3) is 5.91 Å². The molecule has 0 spiro atoms. The van der Waals surface area contributed by atoms with Gasteiger partial charge in [0.2, 0.25) is 0 Å². The molecule has 8 heteroatoms. The first-order valence-electron chi connectivity index (χ1n) is 12.2. The Bertz CT molecular complexity index is 1460. The zero-order chi connectivity index (χ0) is 25.9. The van der Waals surface area contributed by atoms with E-state index in [9.17, 15) is 19.1 Å². The Morgan fingerprint density at radius 1 is 1.05 bits per heavy atom. The smallest absolute Gasteiger partial charge is 0.342 e. The number of anilines is 1. The fourth-order valence-electron chi connectivity index (χ4n) is 4.38. The first-order chi connectivity index (χ1) is 17.9. The summed E-state index contributed by atoms with van der Waals surface area (Å²) in [5.41, 5.74) is 4.30. The number of amides is 2. The van der Waals surface area contributed by atoms with Crippen molar-refractivity contribution in [3.05, 3.63) is 101 Å².